The van der Waals surface area contributed by atoms with E-state index in [0.29, 0.717) is 39.3 Å². The molecule has 0 fully saturated rings. The summed E-state index contributed by atoms with van der Waals surface area (Å²) in [4.78, 5) is 28.8. The molecule has 9 nitrogen and oxygen atoms in total. The molecule has 1 atom stereocenters. The number of allylic oxidation sites excluding steroid dienone is 1. The number of amides is 1. The number of fused-ring (bicyclic) bond motifs is 1. The SMILES string of the molecule is CC1=C(C(=O)Nc2ccccc2)[C@H](c2ccc([N+](=O)[O-])cc2)n2nc(-c3ccc(Cl)cc3)nc2N1. The Morgan fingerprint density at radius 3 is 2.40 bits per heavy atom. The molecule has 3 aromatic carbocycles. The summed E-state index contributed by atoms with van der Waals surface area (Å²) in [5.74, 6) is 0.583. The maximum absolute atomic E-state index is 13.5. The fourth-order valence-electron chi connectivity index (χ4n) is 3.97. The Balaban J connectivity index is 1.60. The van der Waals surface area contributed by atoms with Crippen molar-refractivity contribution in [3.63, 3.8) is 0 Å². The van der Waals surface area contributed by atoms with Gasteiger partial charge in [0.15, 0.2) is 5.82 Å². The first-order valence-corrected chi connectivity index (χ1v) is 11.1. The largest absolute Gasteiger partial charge is 0.328 e. The lowest BCUT2D eigenvalue weighted by molar-refractivity contribution is -0.384. The minimum absolute atomic E-state index is 0.0423. The van der Waals surface area contributed by atoms with E-state index in [4.69, 9.17) is 16.7 Å². The predicted molar refractivity (Wildman–Crippen MR) is 133 cm³/mol. The van der Waals surface area contributed by atoms with Crippen molar-refractivity contribution in [2.45, 2.75) is 13.0 Å². The average molecular weight is 487 g/mol. The number of hydrogen-bond acceptors (Lipinski definition) is 6. The number of carbonyl (C=O) groups is 1. The van der Waals surface area contributed by atoms with Gasteiger partial charge in [0.25, 0.3) is 11.6 Å². The van der Waals surface area contributed by atoms with Gasteiger partial charge in [-0.15, -0.1) is 5.10 Å². The second-order valence-corrected chi connectivity index (χ2v) is 8.38. The number of para-hydroxylation sites is 1. The van der Waals surface area contributed by atoms with Gasteiger partial charge in [0, 0.05) is 34.1 Å². The van der Waals surface area contributed by atoms with Crippen LogP contribution in [0, 0.1) is 10.1 Å². The van der Waals surface area contributed by atoms with E-state index in [9.17, 15) is 14.9 Å². The van der Waals surface area contributed by atoms with Gasteiger partial charge in [-0.1, -0.05) is 29.8 Å². The van der Waals surface area contributed by atoms with Crippen LogP contribution >= 0.6 is 11.6 Å². The summed E-state index contributed by atoms with van der Waals surface area (Å²) < 4.78 is 1.62. The summed E-state index contributed by atoms with van der Waals surface area (Å²) in [7, 11) is 0. The van der Waals surface area contributed by atoms with E-state index in [1.54, 1.807) is 48.0 Å². The summed E-state index contributed by atoms with van der Waals surface area (Å²) in [6.45, 7) is 1.79. The van der Waals surface area contributed by atoms with Crippen molar-refractivity contribution in [1.82, 2.24) is 14.8 Å². The van der Waals surface area contributed by atoms with Crippen molar-refractivity contribution in [2.24, 2.45) is 0 Å². The fourth-order valence-corrected chi connectivity index (χ4v) is 4.10. The molecule has 1 aliphatic rings. The number of nitro benzene ring substituents is 1. The first-order chi connectivity index (χ1) is 16.9. The van der Waals surface area contributed by atoms with Crippen LogP contribution < -0.4 is 10.6 Å². The molecule has 0 unspecified atom stereocenters. The van der Waals surface area contributed by atoms with E-state index in [1.165, 1.54) is 12.1 Å². The number of halogens is 1. The van der Waals surface area contributed by atoms with Crippen molar-refractivity contribution < 1.29 is 9.72 Å². The zero-order valence-corrected chi connectivity index (χ0v) is 19.2. The minimum atomic E-state index is -0.663. The van der Waals surface area contributed by atoms with Crippen molar-refractivity contribution in [3.05, 3.63) is 111 Å². The number of anilines is 2. The smallest absolute Gasteiger partial charge is 0.269 e. The minimum Gasteiger partial charge on any atom is -0.328 e. The molecule has 0 spiro atoms. The Kier molecular flexibility index (Phi) is 5.76. The summed E-state index contributed by atoms with van der Waals surface area (Å²) in [6, 6.07) is 21.7. The van der Waals surface area contributed by atoms with E-state index < -0.39 is 11.0 Å². The molecule has 0 bridgehead atoms. The molecule has 0 aliphatic carbocycles. The number of nitrogens with zero attached hydrogens (tertiary/aromatic N) is 4. The van der Waals surface area contributed by atoms with E-state index in [2.05, 4.69) is 15.6 Å². The van der Waals surface area contributed by atoms with Crippen LogP contribution in [0.4, 0.5) is 17.3 Å². The number of carbonyl (C=O) groups excluding carboxylic acids is 1. The molecule has 35 heavy (non-hydrogen) atoms. The number of nitro groups is 1. The van der Waals surface area contributed by atoms with Crippen LogP contribution in [0.15, 0.2) is 90.1 Å². The van der Waals surface area contributed by atoms with Gasteiger partial charge < -0.3 is 10.6 Å². The first kappa shape index (κ1) is 22.3. The standard InChI is InChI=1S/C25H19ClN6O3/c1-15-21(24(33)28-19-5-3-2-4-6-19)22(16-9-13-20(14-10-16)32(34)35)31-25(27-15)29-23(30-31)17-7-11-18(26)12-8-17/h2-14,22H,1H3,(H,28,33)(H,27,29,30)/t22-/m0/s1. The van der Waals surface area contributed by atoms with Crippen LogP contribution in [0.1, 0.15) is 18.5 Å². The Bertz CT molecular complexity index is 1450. The van der Waals surface area contributed by atoms with Crippen molar-refractivity contribution in [3.8, 4) is 11.4 Å². The molecule has 5 rings (SSSR count). The van der Waals surface area contributed by atoms with E-state index in [1.807, 2.05) is 30.3 Å². The number of non-ortho nitro benzene ring substituents is 1. The highest BCUT2D eigenvalue weighted by Crippen LogP contribution is 2.37. The first-order valence-electron chi connectivity index (χ1n) is 10.7. The van der Waals surface area contributed by atoms with Crippen LogP contribution in [0.2, 0.25) is 5.02 Å². The number of nitrogens with one attached hydrogen (secondary N) is 2. The second kappa shape index (κ2) is 9.03. The molecule has 1 aromatic heterocycles. The van der Waals surface area contributed by atoms with Gasteiger partial charge in [-0.25, -0.2) is 4.68 Å². The van der Waals surface area contributed by atoms with Crippen molar-refractivity contribution >= 4 is 34.8 Å². The third-order valence-corrected chi connectivity index (χ3v) is 5.90. The van der Waals surface area contributed by atoms with Crippen LogP contribution in [-0.2, 0) is 4.79 Å². The molecule has 0 radical (unpaired) electrons. The maximum atomic E-state index is 13.5. The Hall–Kier alpha value is -4.50. The number of hydrogen-bond donors (Lipinski definition) is 2. The second-order valence-electron chi connectivity index (χ2n) is 7.95. The Labute approximate surface area is 205 Å². The molecular formula is C25H19ClN6O3. The Morgan fingerprint density at radius 2 is 1.74 bits per heavy atom. The summed E-state index contributed by atoms with van der Waals surface area (Å²) in [5, 5.41) is 22.6. The molecule has 4 aromatic rings. The van der Waals surface area contributed by atoms with Gasteiger partial charge >= 0.3 is 0 Å². The van der Waals surface area contributed by atoms with Gasteiger partial charge in [0.1, 0.15) is 6.04 Å². The molecular weight excluding hydrogens is 468 g/mol. The molecule has 0 saturated carbocycles. The van der Waals surface area contributed by atoms with E-state index in [0.717, 1.165) is 5.56 Å². The van der Waals surface area contributed by atoms with Crippen LogP contribution in [-0.4, -0.2) is 25.6 Å². The van der Waals surface area contributed by atoms with Gasteiger partial charge in [0.05, 0.1) is 10.5 Å². The molecule has 10 heteroatoms. The fraction of sp³-hybridized carbons (Fsp3) is 0.0800. The average Bonchev–Trinajstić information content (AvgIpc) is 3.27. The highest BCUT2D eigenvalue weighted by atomic mass is 35.5. The summed E-state index contributed by atoms with van der Waals surface area (Å²) >= 11 is 6.02. The van der Waals surface area contributed by atoms with Crippen LogP contribution in [0.3, 0.4) is 0 Å². The molecule has 2 N–H and O–H groups in total. The van der Waals surface area contributed by atoms with Gasteiger partial charge in [-0.05, 0) is 61.0 Å². The third kappa shape index (κ3) is 4.36. The highest BCUT2D eigenvalue weighted by molar-refractivity contribution is 6.30. The predicted octanol–water partition coefficient (Wildman–Crippen LogP) is 5.43. The van der Waals surface area contributed by atoms with Gasteiger partial charge in [-0.2, -0.15) is 4.98 Å². The number of rotatable bonds is 5. The quantitative estimate of drug-likeness (QED) is 0.287. The Morgan fingerprint density at radius 1 is 1.06 bits per heavy atom. The summed E-state index contributed by atoms with van der Waals surface area (Å²) in [6.07, 6.45) is 0. The lowest BCUT2D eigenvalue weighted by Crippen LogP contribution is -2.31. The lowest BCUT2D eigenvalue weighted by Gasteiger charge is -2.28. The zero-order chi connectivity index (χ0) is 24.5. The number of benzene rings is 3. The maximum Gasteiger partial charge on any atom is 0.269 e. The third-order valence-electron chi connectivity index (χ3n) is 5.65. The van der Waals surface area contributed by atoms with Crippen LogP contribution in [0.25, 0.3) is 11.4 Å². The monoisotopic (exact) mass is 486 g/mol. The summed E-state index contributed by atoms with van der Waals surface area (Å²) in [5.41, 5.74) is 3.04. The molecule has 2 heterocycles. The van der Waals surface area contributed by atoms with Gasteiger partial charge in [0.2, 0.25) is 5.95 Å². The topological polar surface area (TPSA) is 115 Å². The van der Waals surface area contributed by atoms with Crippen LogP contribution in [0.5, 0.6) is 0 Å². The van der Waals surface area contributed by atoms with Crippen molar-refractivity contribution in [2.75, 3.05) is 10.6 Å². The lowest BCUT2D eigenvalue weighted by atomic mass is 9.95. The van der Waals surface area contributed by atoms with E-state index >= 15 is 0 Å². The molecule has 174 valence electrons. The zero-order valence-electron chi connectivity index (χ0n) is 18.5. The normalized spacial score (nSPS) is 14.7. The number of aromatic nitrogens is 3. The molecule has 0 saturated heterocycles. The molecule has 1 amide bonds. The molecule has 1 aliphatic heterocycles. The van der Waals surface area contributed by atoms with E-state index in [-0.39, 0.29) is 11.6 Å². The highest BCUT2D eigenvalue weighted by Gasteiger charge is 2.34. The van der Waals surface area contributed by atoms with Gasteiger partial charge in [-0.3, -0.25) is 14.9 Å². The van der Waals surface area contributed by atoms with Crippen molar-refractivity contribution in [1.29, 1.82) is 0 Å².